The van der Waals surface area contributed by atoms with Gasteiger partial charge in [-0.05, 0) is 49.4 Å². The third kappa shape index (κ3) is 2.80. The van der Waals surface area contributed by atoms with Gasteiger partial charge in [0, 0.05) is 11.9 Å². The summed E-state index contributed by atoms with van der Waals surface area (Å²) in [5.74, 6) is 0.915. The molecule has 3 nitrogen and oxygen atoms in total. The summed E-state index contributed by atoms with van der Waals surface area (Å²) in [4.78, 5) is 16.5. The molecule has 0 aliphatic heterocycles. The van der Waals surface area contributed by atoms with Crippen molar-refractivity contribution in [3.63, 3.8) is 0 Å². The van der Waals surface area contributed by atoms with Gasteiger partial charge in [-0.15, -0.1) is 11.3 Å². The average molecular weight is 289 g/mol. The molecule has 1 aliphatic rings. The Morgan fingerprint density at radius 3 is 3.00 bits per heavy atom. The van der Waals surface area contributed by atoms with Crippen molar-refractivity contribution in [1.82, 2.24) is 4.90 Å². The van der Waals surface area contributed by atoms with Crippen molar-refractivity contribution in [3.05, 3.63) is 45.5 Å². The Kier molecular flexibility index (Phi) is 3.92. The van der Waals surface area contributed by atoms with Gasteiger partial charge in [0.05, 0.1) is 17.7 Å². The van der Waals surface area contributed by atoms with Crippen LogP contribution in [0.2, 0.25) is 0 Å². The van der Waals surface area contributed by atoms with Crippen molar-refractivity contribution in [2.45, 2.75) is 38.6 Å². The quantitative estimate of drug-likeness (QED) is 0.803. The highest BCUT2D eigenvalue weighted by molar-refractivity contribution is 7.14. The molecule has 1 aliphatic carbocycles. The Balaban J connectivity index is 1.73. The summed E-state index contributed by atoms with van der Waals surface area (Å²) in [6.45, 7) is 0.522. The first kappa shape index (κ1) is 13.4. The minimum Gasteiger partial charge on any atom is -0.467 e. The highest BCUT2D eigenvalue weighted by Crippen LogP contribution is 2.29. The van der Waals surface area contributed by atoms with Crippen molar-refractivity contribution in [2.24, 2.45) is 0 Å². The van der Waals surface area contributed by atoms with Crippen LogP contribution in [0.1, 0.15) is 45.1 Å². The van der Waals surface area contributed by atoms with Crippen LogP contribution in [-0.4, -0.2) is 17.9 Å². The molecule has 0 saturated carbocycles. The number of aryl methyl sites for hydroxylation is 2. The lowest BCUT2D eigenvalue weighted by Gasteiger charge is -2.14. The second-order valence-electron chi connectivity index (χ2n) is 5.36. The Bertz CT molecular complexity index is 562. The maximum Gasteiger partial charge on any atom is 0.264 e. The first-order chi connectivity index (χ1) is 9.74. The monoisotopic (exact) mass is 289 g/mol. The fraction of sp³-hybridized carbons (Fsp3) is 0.438. The topological polar surface area (TPSA) is 33.5 Å². The Hall–Kier alpha value is -1.55. The van der Waals surface area contributed by atoms with E-state index in [2.05, 4.69) is 6.07 Å². The van der Waals surface area contributed by atoms with Gasteiger partial charge in [-0.2, -0.15) is 0 Å². The smallest absolute Gasteiger partial charge is 0.264 e. The van der Waals surface area contributed by atoms with Gasteiger partial charge in [-0.3, -0.25) is 4.79 Å². The predicted octanol–water partition coefficient (Wildman–Crippen LogP) is 3.88. The van der Waals surface area contributed by atoms with Crippen molar-refractivity contribution in [1.29, 1.82) is 0 Å². The van der Waals surface area contributed by atoms with E-state index >= 15 is 0 Å². The third-order valence-corrected chi connectivity index (χ3v) is 5.00. The van der Waals surface area contributed by atoms with Crippen LogP contribution in [0.4, 0.5) is 0 Å². The largest absolute Gasteiger partial charge is 0.467 e. The molecule has 0 atom stereocenters. The second-order valence-corrected chi connectivity index (χ2v) is 6.50. The van der Waals surface area contributed by atoms with Crippen molar-refractivity contribution < 1.29 is 9.21 Å². The fourth-order valence-electron chi connectivity index (χ4n) is 2.67. The van der Waals surface area contributed by atoms with E-state index in [1.54, 1.807) is 22.5 Å². The van der Waals surface area contributed by atoms with Crippen LogP contribution in [0.15, 0.2) is 28.9 Å². The van der Waals surface area contributed by atoms with E-state index in [0.717, 1.165) is 23.5 Å². The number of hydrogen-bond acceptors (Lipinski definition) is 3. The third-order valence-electron chi connectivity index (χ3n) is 3.78. The lowest BCUT2D eigenvalue weighted by Crippen LogP contribution is -2.25. The average Bonchev–Trinajstić information content (AvgIpc) is 3.04. The Morgan fingerprint density at radius 1 is 1.35 bits per heavy atom. The molecule has 3 rings (SSSR count). The van der Waals surface area contributed by atoms with Gasteiger partial charge in [-0.1, -0.05) is 6.42 Å². The van der Waals surface area contributed by atoms with Gasteiger partial charge in [0.15, 0.2) is 0 Å². The number of nitrogens with zero attached hydrogens (tertiary/aromatic N) is 1. The van der Waals surface area contributed by atoms with Crippen LogP contribution in [-0.2, 0) is 19.4 Å². The van der Waals surface area contributed by atoms with Crippen LogP contribution in [0.5, 0.6) is 0 Å². The maximum atomic E-state index is 12.5. The highest BCUT2D eigenvalue weighted by atomic mass is 32.1. The molecule has 2 aromatic heterocycles. The Morgan fingerprint density at radius 2 is 2.20 bits per heavy atom. The normalized spacial score (nSPS) is 14.7. The van der Waals surface area contributed by atoms with Crippen LogP contribution >= 0.6 is 11.3 Å². The van der Waals surface area contributed by atoms with Crippen LogP contribution in [0, 0.1) is 0 Å². The zero-order valence-electron chi connectivity index (χ0n) is 11.7. The summed E-state index contributed by atoms with van der Waals surface area (Å²) in [6.07, 6.45) is 7.71. The first-order valence-corrected chi connectivity index (χ1v) is 7.95. The van der Waals surface area contributed by atoms with Gasteiger partial charge in [0.25, 0.3) is 5.91 Å². The summed E-state index contributed by atoms with van der Waals surface area (Å²) in [6, 6.07) is 5.85. The van der Waals surface area contributed by atoms with Gasteiger partial charge >= 0.3 is 0 Å². The molecule has 0 aromatic carbocycles. The van der Waals surface area contributed by atoms with Gasteiger partial charge in [0.2, 0.25) is 0 Å². The van der Waals surface area contributed by atoms with Gasteiger partial charge in [0.1, 0.15) is 5.76 Å². The minimum absolute atomic E-state index is 0.0967. The molecule has 2 aromatic rings. The summed E-state index contributed by atoms with van der Waals surface area (Å²) in [5, 5.41) is 0. The summed E-state index contributed by atoms with van der Waals surface area (Å²) >= 11 is 1.68. The second kappa shape index (κ2) is 5.83. The maximum absolute atomic E-state index is 12.5. The number of furan rings is 1. The Labute approximate surface area is 123 Å². The highest BCUT2D eigenvalue weighted by Gasteiger charge is 2.19. The lowest BCUT2D eigenvalue weighted by atomic mass is 10.1. The fourth-order valence-corrected chi connectivity index (χ4v) is 3.92. The van der Waals surface area contributed by atoms with Crippen LogP contribution in [0.3, 0.4) is 0 Å². The number of amides is 1. The molecule has 0 radical (unpaired) electrons. The minimum atomic E-state index is 0.0967. The van der Waals surface area contributed by atoms with E-state index in [1.807, 2.05) is 19.2 Å². The summed E-state index contributed by atoms with van der Waals surface area (Å²) in [5.41, 5.74) is 1.39. The SMILES string of the molecule is CN(Cc1ccco1)C(=O)c1cc2c(s1)CCCCC2. The van der Waals surface area contributed by atoms with Crippen LogP contribution in [0.25, 0.3) is 0 Å². The number of carbonyl (C=O) groups excluding carboxylic acids is 1. The molecule has 0 fully saturated rings. The van der Waals surface area contributed by atoms with Crippen molar-refractivity contribution >= 4 is 17.2 Å². The molecule has 0 saturated heterocycles. The molecule has 20 heavy (non-hydrogen) atoms. The van der Waals surface area contributed by atoms with E-state index in [4.69, 9.17) is 4.42 Å². The molecule has 106 valence electrons. The molecule has 0 bridgehead atoms. The van der Waals surface area contributed by atoms with E-state index in [-0.39, 0.29) is 5.91 Å². The number of rotatable bonds is 3. The van der Waals surface area contributed by atoms with Crippen molar-refractivity contribution in [2.75, 3.05) is 7.05 Å². The predicted molar refractivity (Wildman–Crippen MR) is 80.1 cm³/mol. The standard InChI is InChI=1S/C16H19NO2S/c1-17(11-13-7-5-9-19-13)16(18)15-10-12-6-3-2-4-8-14(12)20-15/h5,7,9-10H,2-4,6,8,11H2,1H3. The molecular formula is C16H19NO2S. The lowest BCUT2D eigenvalue weighted by molar-refractivity contribution is 0.0780. The number of carbonyl (C=O) groups is 1. The molecule has 0 unspecified atom stereocenters. The molecule has 4 heteroatoms. The molecule has 2 heterocycles. The van der Waals surface area contributed by atoms with E-state index in [9.17, 15) is 4.79 Å². The first-order valence-electron chi connectivity index (χ1n) is 7.13. The van der Waals surface area contributed by atoms with E-state index in [1.165, 1.54) is 29.7 Å². The molecule has 0 spiro atoms. The number of thiophene rings is 1. The number of hydrogen-bond donors (Lipinski definition) is 0. The molecule has 0 N–H and O–H groups in total. The summed E-state index contributed by atoms with van der Waals surface area (Å²) in [7, 11) is 1.83. The molecular weight excluding hydrogens is 270 g/mol. The zero-order chi connectivity index (χ0) is 13.9. The molecule has 1 amide bonds. The van der Waals surface area contributed by atoms with Crippen molar-refractivity contribution in [3.8, 4) is 0 Å². The van der Waals surface area contributed by atoms with Crippen LogP contribution < -0.4 is 0 Å². The zero-order valence-corrected chi connectivity index (χ0v) is 12.5. The number of fused-ring (bicyclic) bond motifs is 1. The van der Waals surface area contributed by atoms with Gasteiger partial charge in [-0.25, -0.2) is 0 Å². The van der Waals surface area contributed by atoms with E-state index < -0.39 is 0 Å². The summed E-state index contributed by atoms with van der Waals surface area (Å²) < 4.78 is 5.30. The van der Waals surface area contributed by atoms with Gasteiger partial charge < -0.3 is 9.32 Å². The van der Waals surface area contributed by atoms with E-state index in [0.29, 0.717) is 6.54 Å².